The molecule has 0 bridgehead atoms. The Morgan fingerprint density at radius 2 is 0.821 bits per heavy atom. The number of aryl methyl sites for hydroxylation is 4. The van der Waals surface area contributed by atoms with Gasteiger partial charge in [-0.1, -0.05) is 12.1 Å². The van der Waals surface area contributed by atoms with Crippen LogP contribution in [0.2, 0.25) is 0 Å². The Morgan fingerprint density at radius 1 is 0.500 bits per heavy atom. The van der Waals surface area contributed by atoms with Crippen LogP contribution in [0.25, 0.3) is 0 Å². The van der Waals surface area contributed by atoms with Gasteiger partial charge in [0.05, 0.1) is 0 Å². The van der Waals surface area contributed by atoms with Crippen molar-refractivity contribution in [1.29, 1.82) is 0 Å². The molecule has 0 spiro atoms. The molecule has 3 aromatic carbocycles. The summed E-state index contributed by atoms with van der Waals surface area (Å²) in [7, 11) is 0. The minimum Gasteiger partial charge on any atom is -0.451 e. The number of ether oxygens (including phenoxy) is 2. The molecule has 6 heteroatoms. The van der Waals surface area contributed by atoms with Gasteiger partial charge in [-0.15, -0.1) is 0 Å². The molecule has 0 aliphatic rings. The van der Waals surface area contributed by atoms with Gasteiger partial charge in [-0.2, -0.15) is 17.6 Å². The summed E-state index contributed by atoms with van der Waals surface area (Å²) in [5.41, 5.74) is 3.47. The van der Waals surface area contributed by atoms with Gasteiger partial charge in [0.2, 0.25) is 34.8 Å². The lowest BCUT2D eigenvalue weighted by Gasteiger charge is -2.14. The van der Waals surface area contributed by atoms with Crippen LogP contribution in [0, 0.1) is 51.0 Å². The minimum atomic E-state index is -1.67. The second kappa shape index (κ2) is 7.54. The summed E-state index contributed by atoms with van der Waals surface area (Å²) in [5, 5.41) is 0. The van der Waals surface area contributed by atoms with E-state index in [1.54, 1.807) is 26.0 Å². The van der Waals surface area contributed by atoms with Gasteiger partial charge in [0.15, 0.2) is 0 Å². The van der Waals surface area contributed by atoms with E-state index < -0.39 is 34.8 Å². The third-order valence-electron chi connectivity index (χ3n) is 4.58. The van der Waals surface area contributed by atoms with Crippen molar-refractivity contribution in [1.82, 2.24) is 0 Å². The Hall–Kier alpha value is -3.02. The van der Waals surface area contributed by atoms with Crippen LogP contribution in [0.5, 0.6) is 23.0 Å². The summed E-state index contributed by atoms with van der Waals surface area (Å²) in [6, 6.07) is 9.29. The topological polar surface area (TPSA) is 18.5 Å². The van der Waals surface area contributed by atoms with Crippen molar-refractivity contribution < 1.29 is 27.0 Å². The zero-order chi connectivity index (χ0) is 20.6. The van der Waals surface area contributed by atoms with Crippen LogP contribution >= 0.6 is 0 Å². The lowest BCUT2D eigenvalue weighted by Crippen LogP contribution is -2.04. The minimum absolute atomic E-state index is 0.0579. The fraction of sp³-hybridized carbons (Fsp3) is 0.182. The van der Waals surface area contributed by atoms with Gasteiger partial charge in [0, 0.05) is 0 Å². The highest BCUT2D eigenvalue weighted by Crippen LogP contribution is 2.39. The van der Waals surface area contributed by atoms with E-state index in [9.17, 15) is 17.6 Å². The van der Waals surface area contributed by atoms with E-state index in [0.29, 0.717) is 0 Å². The Kier molecular flexibility index (Phi) is 5.31. The van der Waals surface area contributed by atoms with E-state index in [4.69, 9.17) is 9.47 Å². The third-order valence-corrected chi connectivity index (χ3v) is 4.58. The SMILES string of the molecule is Cc1ccc(Oc2c(F)c(F)c(Oc3ccc(C)c(C)c3)c(F)c2F)cc1C. The average Bonchev–Trinajstić information content (AvgIpc) is 2.66. The quantitative estimate of drug-likeness (QED) is 0.351. The summed E-state index contributed by atoms with van der Waals surface area (Å²) in [5.74, 6) is -8.89. The molecule has 3 rings (SSSR count). The highest BCUT2D eigenvalue weighted by atomic mass is 19.2. The van der Waals surface area contributed by atoms with Gasteiger partial charge in [-0.05, 0) is 74.2 Å². The second-order valence-corrected chi connectivity index (χ2v) is 6.61. The lowest BCUT2D eigenvalue weighted by atomic mass is 10.1. The van der Waals surface area contributed by atoms with Crippen LogP contribution in [0.3, 0.4) is 0 Å². The molecule has 0 N–H and O–H groups in total. The van der Waals surface area contributed by atoms with Gasteiger partial charge >= 0.3 is 0 Å². The molecule has 0 unspecified atom stereocenters. The summed E-state index contributed by atoms with van der Waals surface area (Å²) in [6.07, 6.45) is 0. The zero-order valence-electron chi connectivity index (χ0n) is 15.8. The first-order valence-corrected chi connectivity index (χ1v) is 8.55. The van der Waals surface area contributed by atoms with Gasteiger partial charge in [0.1, 0.15) is 11.5 Å². The van der Waals surface area contributed by atoms with E-state index >= 15 is 0 Å². The third kappa shape index (κ3) is 3.67. The van der Waals surface area contributed by atoms with Gasteiger partial charge in [-0.25, -0.2) is 0 Å². The van der Waals surface area contributed by atoms with Crippen molar-refractivity contribution in [2.75, 3.05) is 0 Å². The summed E-state index contributed by atoms with van der Waals surface area (Å²) in [4.78, 5) is 0. The van der Waals surface area contributed by atoms with Crippen LogP contribution in [0.4, 0.5) is 17.6 Å². The molecule has 2 nitrogen and oxygen atoms in total. The molecular formula is C22H18F4O2. The molecule has 0 radical (unpaired) electrons. The highest BCUT2D eigenvalue weighted by Gasteiger charge is 2.29. The van der Waals surface area contributed by atoms with E-state index in [0.717, 1.165) is 22.3 Å². The van der Waals surface area contributed by atoms with Crippen LogP contribution in [0.1, 0.15) is 22.3 Å². The van der Waals surface area contributed by atoms with Crippen LogP contribution in [-0.4, -0.2) is 0 Å². The van der Waals surface area contributed by atoms with Crippen LogP contribution in [-0.2, 0) is 0 Å². The smallest absolute Gasteiger partial charge is 0.208 e. The molecule has 0 aliphatic carbocycles. The number of hydrogen-bond acceptors (Lipinski definition) is 2. The predicted octanol–water partition coefficient (Wildman–Crippen LogP) is 7.06. The molecule has 0 fully saturated rings. The second-order valence-electron chi connectivity index (χ2n) is 6.61. The maximum atomic E-state index is 14.4. The molecule has 0 amide bonds. The molecular weight excluding hydrogens is 372 g/mol. The first-order chi connectivity index (χ1) is 13.2. The molecule has 0 saturated heterocycles. The summed E-state index contributed by atoms with van der Waals surface area (Å²) in [6.45, 7) is 7.24. The monoisotopic (exact) mass is 390 g/mol. The molecule has 0 aromatic heterocycles. The molecule has 0 aliphatic heterocycles. The Balaban J connectivity index is 2.01. The lowest BCUT2D eigenvalue weighted by molar-refractivity contribution is 0.330. The van der Waals surface area contributed by atoms with Gasteiger partial charge in [-0.3, -0.25) is 0 Å². The standard InChI is InChI=1S/C22H18F4O2/c1-11-5-7-15(9-13(11)3)27-21-17(23)19(25)22(20(26)18(21)24)28-16-8-6-12(2)14(4)10-16/h5-10H,1-4H3. The fourth-order valence-electron chi connectivity index (χ4n) is 2.56. The van der Waals surface area contributed by atoms with Crippen molar-refractivity contribution in [3.63, 3.8) is 0 Å². The molecule has 0 heterocycles. The number of rotatable bonds is 4. The van der Waals surface area contributed by atoms with Crippen molar-refractivity contribution >= 4 is 0 Å². The number of benzene rings is 3. The van der Waals surface area contributed by atoms with E-state index in [-0.39, 0.29) is 11.5 Å². The maximum absolute atomic E-state index is 14.4. The maximum Gasteiger partial charge on any atom is 0.208 e. The Labute approximate surface area is 160 Å². The van der Waals surface area contributed by atoms with Gasteiger partial charge in [0.25, 0.3) is 0 Å². The summed E-state index contributed by atoms with van der Waals surface area (Å²) < 4.78 is 67.9. The Bertz CT molecular complexity index is 947. The average molecular weight is 390 g/mol. The Morgan fingerprint density at radius 3 is 1.11 bits per heavy atom. The predicted molar refractivity (Wildman–Crippen MR) is 98.3 cm³/mol. The van der Waals surface area contributed by atoms with E-state index in [2.05, 4.69) is 0 Å². The van der Waals surface area contributed by atoms with Crippen molar-refractivity contribution in [3.8, 4) is 23.0 Å². The van der Waals surface area contributed by atoms with Crippen LogP contribution < -0.4 is 9.47 Å². The normalized spacial score (nSPS) is 10.9. The van der Waals surface area contributed by atoms with Crippen LogP contribution in [0.15, 0.2) is 36.4 Å². The van der Waals surface area contributed by atoms with E-state index in [1.165, 1.54) is 24.3 Å². The largest absolute Gasteiger partial charge is 0.451 e. The molecule has 28 heavy (non-hydrogen) atoms. The first kappa shape index (κ1) is 19.7. The molecule has 146 valence electrons. The van der Waals surface area contributed by atoms with Crippen molar-refractivity contribution in [2.24, 2.45) is 0 Å². The zero-order valence-corrected chi connectivity index (χ0v) is 15.8. The number of hydrogen-bond donors (Lipinski definition) is 0. The van der Waals surface area contributed by atoms with Crippen molar-refractivity contribution in [2.45, 2.75) is 27.7 Å². The molecule has 0 atom stereocenters. The molecule has 0 saturated carbocycles. The fourth-order valence-corrected chi connectivity index (χ4v) is 2.56. The summed E-state index contributed by atoms with van der Waals surface area (Å²) >= 11 is 0. The number of halogens is 4. The highest BCUT2D eigenvalue weighted by molar-refractivity contribution is 5.44. The van der Waals surface area contributed by atoms with Gasteiger partial charge < -0.3 is 9.47 Å². The van der Waals surface area contributed by atoms with E-state index in [1.807, 2.05) is 13.8 Å². The molecule has 3 aromatic rings. The van der Waals surface area contributed by atoms with Crippen molar-refractivity contribution in [3.05, 3.63) is 81.9 Å². The first-order valence-electron chi connectivity index (χ1n) is 8.55.